The molecule has 1 aromatic heterocycles. The number of amides is 1. The number of thiophene rings is 1. The molecule has 1 amide bonds. The molecule has 1 saturated carbocycles. The quantitative estimate of drug-likeness (QED) is 0.759. The minimum absolute atomic E-state index is 0.177. The van der Waals surface area contributed by atoms with E-state index in [2.05, 4.69) is 11.4 Å². The molecule has 1 heterocycles. The van der Waals surface area contributed by atoms with Crippen LogP contribution in [0.5, 0.6) is 0 Å². The van der Waals surface area contributed by atoms with Gasteiger partial charge in [0, 0.05) is 25.3 Å². The van der Waals surface area contributed by atoms with Gasteiger partial charge in [-0.05, 0) is 59.3 Å². The summed E-state index contributed by atoms with van der Waals surface area (Å²) >= 11 is 1.65. The van der Waals surface area contributed by atoms with Gasteiger partial charge in [-0.1, -0.05) is 12.1 Å². The van der Waals surface area contributed by atoms with Crippen molar-refractivity contribution in [1.82, 2.24) is 4.90 Å². The number of rotatable bonds is 7. The van der Waals surface area contributed by atoms with E-state index in [-0.39, 0.29) is 5.91 Å². The molecule has 24 heavy (non-hydrogen) atoms. The van der Waals surface area contributed by atoms with Crippen LogP contribution in [0.2, 0.25) is 0 Å². The number of hydrogen-bond donors (Lipinski definition) is 0. The first kappa shape index (κ1) is 17.2. The maximum atomic E-state index is 12.6. The number of hydrogen-bond acceptors (Lipinski definition) is 4. The fourth-order valence-corrected chi connectivity index (χ4v) is 3.97. The molecule has 0 saturated heterocycles. The molecule has 128 valence electrons. The number of benzene rings is 1. The largest absolute Gasteiger partial charge is 0.335 e. The van der Waals surface area contributed by atoms with Gasteiger partial charge in [-0.3, -0.25) is 4.79 Å². The van der Waals surface area contributed by atoms with Gasteiger partial charge in [0.25, 0.3) is 0 Å². The van der Waals surface area contributed by atoms with E-state index in [1.807, 2.05) is 10.3 Å². The average molecular weight is 364 g/mol. The lowest BCUT2D eigenvalue weighted by molar-refractivity contribution is -0.132. The van der Waals surface area contributed by atoms with E-state index < -0.39 is 9.84 Å². The summed E-state index contributed by atoms with van der Waals surface area (Å²) in [6.07, 6.45) is 4.48. The summed E-state index contributed by atoms with van der Waals surface area (Å²) in [5.41, 5.74) is 2.18. The van der Waals surface area contributed by atoms with Crippen LogP contribution in [0.1, 0.15) is 30.4 Å². The highest BCUT2D eigenvalue weighted by Crippen LogP contribution is 2.29. The summed E-state index contributed by atoms with van der Waals surface area (Å²) in [6.45, 7) is 0.694. The second-order valence-corrected chi connectivity index (χ2v) is 9.10. The highest BCUT2D eigenvalue weighted by atomic mass is 32.2. The Kier molecular flexibility index (Phi) is 5.06. The van der Waals surface area contributed by atoms with Crippen LogP contribution in [0.3, 0.4) is 0 Å². The molecule has 0 radical (unpaired) electrons. The molecular formula is C18H21NO3S2. The van der Waals surface area contributed by atoms with Crippen molar-refractivity contribution < 1.29 is 13.2 Å². The van der Waals surface area contributed by atoms with E-state index in [0.29, 0.717) is 30.3 Å². The minimum atomic E-state index is -3.17. The summed E-state index contributed by atoms with van der Waals surface area (Å²) in [4.78, 5) is 14.9. The van der Waals surface area contributed by atoms with Gasteiger partial charge < -0.3 is 4.90 Å². The molecule has 0 N–H and O–H groups in total. The third kappa shape index (κ3) is 4.45. The number of carbonyl (C=O) groups is 1. The molecule has 1 fully saturated rings. The van der Waals surface area contributed by atoms with Crippen LogP contribution >= 0.6 is 11.3 Å². The topological polar surface area (TPSA) is 54.5 Å². The van der Waals surface area contributed by atoms with E-state index in [9.17, 15) is 13.2 Å². The Morgan fingerprint density at radius 2 is 1.88 bits per heavy atom. The first-order valence-corrected chi connectivity index (χ1v) is 10.9. The van der Waals surface area contributed by atoms with Crippen LogP contribution < -0.4 is 0 Å². The number of nitrogens with zero attached hydrogens (tertiary/aromatic N) is 1. The Balaban J connectivity index is 1.59. The van der Waals surface area contributed by atoms with Crippen molar-refractivity contribution in [3.8, 4) is 0 Å². The zero-order chi connectivity index (χ0) is 17.2. The van der Waals surface area contributed by atoms with E-state index in [4.69, 9.17) is 0 Å². The summed E-state index contributed by atoms with van der Waals surface area (Å²) in [6, 6.07) is 9.27. The van der Waals surface area contributed by atoms with Gasteiger partial charge in [-0.25, -0.2) is 8.42 Å². The highest BCUT2D eigenvalue weighted by molar-refractivity contribution is 7.90. The van der Waals surface area contributed by atoms with Gasteiger partial charge in [0.2, 0.25) is 5.91 Å². The van der Waals surface area contributed by atoms with E-state index in [0.717, 1.165) is 18.4 Å². The molecule has 1 aliphatic rings. The van der Waals surface area contributed by atoms with Crippen LogP contribution in [0, 0.1) is 0 Å². The second-order valence-electron chi connectivity index (χ2n) is 6.30. The van der Waals surface area contributed by atoms with Gasteiger partial charge in [-0.15, -0.1) is 0 Å². The molecule has 0 unspecified atom stereocenters. The van der Waals surface area contributed by atoms with Crippen LogP contribution in [0.4, 0.5) is 0 Å². The van der Waals surface area contributed by atoms with Crippen LogP contribution in [-0.4, -0.2) is 31.5 Å². The van der Waals surface area contributed by atoms with Gasteiger partial charge in [0.1, 0.15) is 0 Å². The number of sulfone groups is 1. The van der Waals surface area contributed by atoms with Crippen molar-refractivity contribution in [2.75, 3.05) is 6.26 Å². The van der Waals surface area contributed by atoms with E-state index in [1.165, 1.54) is 11.8 Å². The normalized spacial score (nSPS) is 14.5. The smallest absolute Gasteiger partial charge is 0.223 e. The molecule has 1 aliphatic carbocycles. The van der Waals surface area contributed by atoms with Crippen molar-refractivity contribution in [1.29, 1.82) is 0 Å². The zero-order valence-corrected chi connectivity index (χ0v) is 15.3. The molecule has 0 atom stereocenters. The second kappa shape index (κ2) is 7.07. The highest BCUT2D eigenvalue weighted by Gasteiger charge is 2.32. The lowest BCUT2D eigenvalue weighted by Gasteiger charge is -2.22. The fraction of sp³-hybridized carbons (Fsp3) is 0.389. The average Bonchev–Trinajstić information content (AvgIpc) is 3.26. The van der Waals surface area contributed by atoms with Crippen molar-refractivity contribution in [2.24, 2.45) is 0 Å². The third-order valence-corrected chi connectivity index (χ3v) is 6.08. The summed E-state index contributed by atoms with van der Waals surface area (Å²) < 4.78 is 22.9. The Hall–Kier alpha value is -1.66. The Bertz CT molecular complexity index is 791. The summed E-state index contributed by atoms with van der Waals surface area (Å²) in [5.74, 6) is 0.177. The van der Waals surface area contributed by atoms with Gasteiger partial charge in [-0.2, -0.15) is 11.3 Å². The van der Waals surface area contributed by atoms with E-state index >= 15 is 0 Å². The first-order chi connectivity index (χ1) is 11.4. The van der Waals surface area contributed by atoms with E-state index in [1.54, 1.807) is 35.6 Å². The standard InChI is InChI=1S/C18H21NO3S2/c1-24(21,22)17-7-2-14(3-8-17)4-9-18(20)19(16-5-6-16)12-15-10-11-23-13-15/h2-3,7-8,10-11,13,16H,4-6,9,12H2,1H3. The number of aryl methyl sites for hydroxylation is 1. The Morgan fingerprint density at radius 1 is 1.17 bits per heavy atom. The van der Waals surface area contributed by atoms with Gasteiger partial charge >= 0.3 is 0 Å². The summed E-state index contributed by atoms with van der Waals surface area (Å²) in [5, 5.41) is 4.13. The molecule has 0 spiro atoms. The molecule has 4 nitrogen and oxygen atoms in total. The lowest BCUT2D eigenvalue weighted by atomic mass is 10.1. The third-order valence-electron chi connectivity index (χ3n) is 4.22. The molecule has 2 aromatic rings. The van der Waals surface area contributed by atoms with Gasteiger partial charge in [0.05, 0.1) is 4.90 Å². The molecule has 1 aromatic carbocycles. The molecule has 6 heteroatoms. The monoisotopic (exact) mass is 363 g/mol. The van der Waals surface area contributed by atoms with Crippen LogP contribution in [-0.2, 0) is 27.6 Å². The Morgan fingerprint density at radius 3 is 2.42 bits per heavy atom. The molecule has 3 rings (SSSR count). The maximum absolute atomic E-state index is 12.6. The van der Waals surface area contributed by atoms with Crippen molar-refractivity contribution in [2.45, 2.75) is 43.2 Å². The minimum Gasteiger partial charge on any atom is -0.335 e. The van der Waals surface area contributed by atoms with Crippen LogP contribution in [0.25, 0.3) is 0 Å². The lowest BCUT2D eigenvalue weighted by Crippen LogP contribution is -2.32. The SMILES string of the molecule is CS(=O)(=O)c1ccc(CCC(=O)N(Cc2ccsc2)C2CC2)cc1. The van der Waals surface area contributed by atoms with Crippen molar-refractivity contribution in [3.05, 3.63) is 52.2 Å². The number of carbonyl (C=O) groups excluding carboxylic acids is 1. The summed E-state index contributed by atoms with van der Waals surface area (Å²) in [7, 11) is -3.17. The van der Waals surface area contributed by atoms with Gasteiger partial charge in [0.15, 0.2) is 9.84 Å². The van der Waals surface area contributed by atoms with Crippen molar-refractivity contribution in [3.63, 3.8) is 0 Å². The fourth-order valence-electron chi connectivity index (χ4n) is 2.68. The predicted octanol–water partition coefficient (Wildman–Crippen LogP) is 3.28. The predicted molar refractivity (Wildman–Crippen MR) is 95.8 cm³/mol. The van der Waals surface area contributed by atoms with Crippen molar-refractivity contribution >= 4 is 27.1 Å². The molecule has 0 bridgehead atoms. The zero-order valence-electron chi connectivity index (χ0n) is 13.6. The molecule has 0 aliphatic heterocycles. The maximum Gasteiger partial charge on any atom is 0.223 e. The first-order valence-electron chi connectivity index (χ1n) is 8.03. The van der Waals surface area contributed by atoms with Crippen LogP contribution in [0.15, 0.2) is 46.0 Å². The molecular weight excluding hydrogens is 342 g/mol. The Labute approximate surface area is 147 Å².